The molecule has 0 spiro atoms. The van der Waals surface area contributed by atoms with E-state index in [1.165, 1.54) is 0 Å². The number of tetrazole rings is 1. The van der Waals surface area contributed by atoms with Crippen molar-refractivity contribution < 1.29 is 5.11 Å². The van der Waals surface area contributed by atoms with E-state index in [9.17, 15) is 9.90 Å². The van der Waals surface area contributed by atoms with Crippen molar-refractivity contribution >= 4 is 10.9 Å². The molecule has 0 saturated carbocycles. The molecule has 0 unspecified atom stereocenters. The summed E-state index contributed by atoms with van der Waals surface area (Å²) in [5.41, 5.74) is 2.32. The third-order valence-electron chi connectivity index (χ3n) is 6.28. The molecule has 0 aliphatic heterocycles. The first-order valence-corrected chi connectivity index (χ1v) is 11.4. The van der Waals surface area contributed by atoms with Crippen molar-refractivity contribution in [2.24, 2.45) is 5.92 Å². The minimum absolute atomic E-state index is 0.0834. The van der Waals surface area contributed by atoms with Crippen LogP contribution < -0.4 is 5.56 Å². The lowest BCUT2D eigenvalue weighted by atomic mass is 9.97. The first-order chi connectivity index (χ1) is 15.2. The highest BCUT2D eigenvalue weighted by atomic mass is 16.3. The Morgan fingerprint density at radius 1 is 1.25 bits per heavy atom. The zero-order chi connectivity index (χ0) is 23.5. The topological polar surface area (TPSA) is 99.9 Å². The van der Waals surface area contributed by atoms with Crippen molar-refractivity contribution in [1.82, 2.24) is 30.1 Å². The molecular weight excluding hydrogens is 404 g/mol. The standard InChI is InChI=1S/C24H36N6O2/c1-7-24(5,6)30-22(26-27-28-30)21(16(2)3)29(11-8-12-31)15-19-14-18-10-9-17(4)13-20(18)25-23(19)32/h9-10,13-14,16,21,31H,7-8,11-12,15H2,1-6H3,(H,25,32)/t21-/m1/s1. The van der Waals surface area contributed by atoms with E-state index in [4.69, 9.17) is 0 Å². The molecule has 2 heterocycles. The molecule has 0 radical (unpaired) electrons. The van der Waals surface area contributed by atoms with Gasteiger partial charge < -0.3 is 10.1 Å². The first kappa shape index (κ1) is 24.1. The number of pyridine rings is 1. The molecule has 1 aromatic carbocycles. The molecule has 2 N–H and O–H groups in total. The van der Waals surface area contributed by atoms with Crippen LogP contribution in [0.25, 0.3) is 10.9 Å². The number of hydrogen-bond donors (Lipinski definition) is 2. The van der Waals surface area contributed by atoms with Gasteiger partial charge in [0.15, 0.2) is 5.82 Å². The molecule has 0 bridgehead atoms. The Labute approximate surface area is 189 Å². The van der Waals surface area contributed by atoms with Gasteiger partial charge in [0.05, 0.1) is 11.6 Å². The number of aliphatic hydroxyl groups excluding tert-OH is 1. The van der Waals surface area contributed by atoms with E-state index in [0.717, 1.165) is 28.7 Å². The maximum absolute atomic E-state index is 12.9. The molecule has 174 valence electrons. The quantitative estimate of drug-likeness (QED) is 0.500. The highest BCUT2D eigenvalue weighted by Crippen LogP contribution is 2.32. The fourth-order valence-corrected chi connectivity index (χ4v) is 4.13. The number of nitrogens with one attached hydrogen (secondary N) is 1. The number of aliphatic hydroxyl groups is 1. The van der Waals surface area contributed by atoms with Crippen molar-refractivity contribution in [3.63, 3.8) is 0 Å². The van der Waals surface area contributed by atoms with Crippen molar-refractivity contribution in [3.8, 4) is 0 Å². The SMILES string of the molecule is CCC(C)(C)n1nnnc1[C@@H](C(C)C)N(CCCO)Cc1cc2ccc(C)cc2[nH]c1=O. The van der Waals surface area contributed by atoms with E-state index in [1.807, 2.05) is 35.9 Å². The van der Waals surface area contributed by atoms with E-state index in [2.05, 4.69) is 60.0 Å². The molecular formula is C24H36N6O2. The minimum atomic E-state index is -0.229. The summed E-state index contributed by atoms with van der Waals surface area (Å²) in [6.07, 6.45) is 1.49. The Balaban J connectivity index is 2.04. The summed E-state index contributed by atoms with van der Waals surface area (Å²) >= 11 is 0. The molecule has 1 atom stereocenters. The average Bonchev–Trinajstić information content (AvgIpc) is 3.22. The van der Waals surface area contributed by atoms with Crippen LogP contribution >= 0.6 is 0 Å². The summed E-state index contributed by atoms with van der Waals surface area (Å²) < 4.78 is 1.91. The van der Waals surface area contributed by atoms with Crippen LogP contribution in [0.15, 0.2) is 29.1 Å². The van der Waals surface area contributed by atoms with Crippen LogP contribution in [0.2, 0.25) is 0 Å². The Morgan fingerprint density at radius 3 is 2.66 bits per heavy atom. The van der Waals surface area contributed by atoms with Crippen molar-refractivity contribution in [2.75, 3.05) is 13.2 Å². The second-order valence-corrected chi connectivity index (χ2v) is 9.57. The van der Waals surface area contributed by atoms with Gasteiger partial charge >= 0.3 is 0 Å². The zero-order valence-corrected chi connectivity index (χ0v) is 20.1. The van der Waals surface area contributed by atoms with Gasteiger partial charge in [-0.25, -0.2) is 4.68 Å². The summed E-state index contributed by atoms with van der Waals surface area (Å²) in [6, 6.07) is 7.94. The average molecular weight is 441 g/mol. The Kier molecular flexibility index (Phi) is 7.46. The fourth-order valence-electron chi connectivity index (χ4n) is 4.13. The number of rotatable bonds is 10. The highest BCUT2D eigenvalue weighted by Gasteiger charge is 2.33. The summed E-state index contributed by atoms with van der Waals surface area (Å²) in [6.45, 7) is 13.8. The third-order valence-corrected chi connectivity index (χ3v) is 6.28. The molecule has 0 fully saturated rings. The van der Waals surface area contributed by atoms with Gasteiger partial charge in [-0.15, -0.1) is 5.10 Å². The van der Waals surface area contributed by atoms with Crippen LogP contribution in [-0.2, 0) is 12.1 Å². The predicted octanol–water partition coefficient (Wildman–Crippen LogP) is 3.55. The smallest absolute Gasteiger partial charge is 0.252 e. The minimum Gasteiger partial charge on any atom is -0.396 e. The van der Waals surface area contributed by atoms with Crippen molar-refractivity contribution in [3.05, 3.63) is 51.6 Å². The van der Waals surface area contributed by atoms with Gasteiger partial charge in [-0.1, -0.05) is 32.9 Å². The fraction of sp³-hybridized carbons (Fsp3) is 0.583. The van der Waals surface area contributed by atoms with Gasteiger partial charge in [-0.3, -0.25) is 9.69 Å². The lowest BCUT2D eigenvalue weighted by molar-refractivity contribution is 0.115. The predicted molar refractivity (Wildman–Crippen MR) is 126 cm³/mol. The Bertz CT molecular complexity index is 1100. The molecule has 32 heavy (non-hydrogen) atoms. The van der Waals surface area contributed by atoms with Gasteiger partial charge in [0, 0.05) is 30.8 Å². The molecule has 0 aliphatic carbocycles. The maximum Gasteiger partial charge on any atom is 0.252 e. The maximum atomic E-state index is 12.9. The van der Waals surface area contributed by atoms with Gasteiger partial charge in [0.1, 0.15) is 0 Å². The van der Waals surface area contributed by atoms with Gasteiger partial charge in [-0.2, -0.15) is 0 Å². The number of aryl methyl sites for hydroxylation is 1. The second kappa shape index (κ2) is 9.92. The first-order valence-electron chi connectivity index (χ1n) is 11.4. The monoisotopic (exact) mass is 440 g/mol. The van der Waals surface area contributed by atoms with Crippen LogP contribution in [0.4, 0.5) is 0 Å². The van der Waals surface area contributed by atoms with Gasteiger partial charge in [0.2, 0.25) is 0 Å². The Morgan fingerprint density at radius 2 is 2.00 bits per heavy atom. The van der Waals surface area contributed by atoms with Crippen molar-refractivity contribution in [1.29, 1.82) is 0 Å². The highest BCUT2D eigenvalue weighted by molar-refractivity contribution is 5.79. The molecule has 2 aromatic heterocycles. The molecule has 3 aromatic rings. The molecule has 0 amide bonds. The van der Waals surface area contributed by atoms with E-state index < -0.39 is 0 Å². The van der Waals surface area contributed by atoms with Crippen LogP contribution in [0.1, 0.15) is 70.5 Å². The second-order valence-electron chi connectivity index (χ2n) is 9.57. The van der Waals surface area contributed by atoms with Crippen LogP contribution in [-0.4, -0.2) is 48.3 Å². The zero-order valence-electron chi connectivity index (χ0n) is 20.1. The number of hydrogen-bond acceptors (Lipinski definition) is 6. The lowest BCUT2D eigenvalue weighted by Crippen LogP contribution is -2.39. The largest absolute Gasteiger partial charge is 0.396 e. The number of H-pyrrole nitrogens is 1. The lowest BCUT2D eigenvalue weighted by Gasteiger charge is -2.35. The summed E-state index contributed by atoms with van der Waals surface area (Å²) in [4.78, 5) is 18.2. The molecule has 3 rings (SSSR count). The number of aromatic amines is 1. The summed E-state index contributed by atoms with van der Waals surface area (Å²) in [5, 5.41) is 23.3. The molecule has 0 saturated heterocycles. The normalized spacial score (nSPS) is 13.4. The van der Waals surface area contributed by atoms with E-state index in [1.54, 1.807) is 0 Å². The summed E-state index contributed by atoms with van der Waals surface area (Å²) in [5.74, 6) is 0.992. The van der Waals surface area contributed by atoms with Gasteiger partial charge in [-0.05, 0) is 73.0 Å². The molecule has 8 heteroatoms. The Hall–Kier alpha value is -2.58. The van der Waals surface area contributed by atoms with E-state index >= 15 is 0 Å². The third kappa shape index (κ3) is 5.07. The van der Waals surface area contributed by atoms with Crippen molar-refractivity contribution in [2.45, 2.75) is 72.5 Å². The number of benzene rings is 1. The van der Waals surface area contributed by atoms with Crippen LogP contribution in [0.5, 0.6) is 0 Å². The van der Waals surface area contributed by atoms with E-state index in [-0.39, 0.29) is 29.7 Å². The molecule has 0 aliphatic rings. The number of nitrogens with zero attached hydrogens (tertiary/aromatic N) is 5. The summed E-state index contributed by atoms with van der Waals surface area (Å²) in [7, 11) is 0. The number of aromatic nitrogens is 5. The van der Waals surface area contributed by atoms with E-state index in [0.29, 0.717) is 25.1 Å². The van der Waals surface area contributed by atoms with Gasteiger partial charge in [0.25, 0.3) is 5.56 Å². The van der Waals surface area contributed by atoms with Crippen LogP contribution in [0, 0.1) is 12.8 Å². The number of fused-ring (bicyclic) bond motifs is 1. The van der Waals surface area contributed by atoms with Crippen LogP contribution in [0.3, 0.4) is 0 Å². The molecule has 8 nitrogen and oxygen atoms in total.